The van der Waals surface area contributed by atoms with Crippen molar-refractivity contribution in [2.45, 2.75) is 63.6 Å². The highest BCUT2D eigenvalue weighted by atomic mass is 32.2. The summed E-state index contributed by atoms with van der Waals surface area (Å²) in [5, 5.41) is 6.76. The van der Waals surface area contributed by atoms with Crippen molar-refractivity contribution < 1.29 is 31.2 Å². The van der Waals surface area contributed by atoms with Crippen molar-refractivity contribution in [2.24, 2.45) is 11.1 Å². The van der Waals surface area contributed by atoms with Crippen molar-refractivity contribution >= 4 is 21.6 Å². The Kier molecular flexibility index (Phi) is 9.08. The third-order valence-electron chi connectivity index (χ3n) is 5.07. The van der Waals surface area contributed by atoms with Gasteiger partial charge >= 0.3 is 6.18 Å². The van der Waals surface area contributed by atoms with Crippen LogP contribution in [0.3, 0.4) is 0 Å². The molecule has 0 aliphatic carbocycles. The molecule has 0 spiro atoms. The largest absolute Gasteiger partial charge is 0.416 e. The summed E-state index contributed by atoms with van der Waals surface area (Å²) < 4.78 is 65.2. The van der Waals surface area contributed by atoms with Crippen LogP contribution < -0.4 is 5.32 Å². The van der Waals surface area contributed by atoms with Gasteiger partial charge in [0.1, 0.15) is 0 Å². The highest BCUT2D eigenvalue weighted by molar-refractivity contribution is 7.89. The molecular weight excluding hydrogens is 447 g/mol. The minimum absolute atomic E-state index is 0.0328. The maximum Gasteiger partial charge on any atom is 0.416 e. The normalized spacial score (nSPS) is 16.7. The van der Waals surface area contributed by atoms with Gasteiger partial charge in [-0.15, -0.1) is 0 Å². The molecule has 1 aromatic carbocycles. The highest BCUT2D eigenvalue weighted by Crippen LogP contribution is 2.31. The lowest BCUT2D eigenvalue weighted by Crippen LogP contribution is -2.39. The number of hydrogen-bond donors (Lipinski definition) is 1. The van der Waals surface area contributed by atoms with Gasteiger partial charge in [0, 0.05) is 32.0 Å². The van der Waals surface area contributed by atoms with E-state index in [0.717, 1.165) is 35.3 Å². The van der Waals surface area contributed by atoms with Crippen molar-refractivity contribution in [3.8, 4) is 0 Å². The molecule has 2 rings (SSSR count). The fraction of sp³-hybridized carbons (Fsp3) is 0.619. The van der Waals surface area contributed by atoms with Crippen LogP contribution in [0.25, 0.3) is 0 Å². The molecule has 0 radical (unpaired) electrons. The van der Waals surface area contributed by atoms with Crippen LogP contribution in [0.2, 0.25) is 0 Å². The van der Waals surface area contributed by atoms with Crippen LogP contribution in [0.15, 0.2) is 34.3 Å². The average molecular weight is 478 g/mol. The number of alkyl halides is 3. The molecule has 7 nitrogen and oxygen atoms in total. The predicted octanol–water partition coefficient (Wildman–Crippen LogP) is 3.80. The first-order valence-corrected chi connectivity index (χ1v) is 12.0. The molecule has 1 aromatic rings. The van der Waals surface area contributed by atoms with Crippen molar-refractivity contribution in [3.05, 3.63) is 29.8 Å². The Morgan fingerprint density at radius 3 is 2.44 bits per heavy atom. The van der Waals surface area contributed by atoms with Gasteiger partial charge in [-0.2, -0.15) is 17.5 Å². The molecule has 1 amide bonds. The molecule has 1 saturated heterocycles. The SMILES string of the molecule is CC(C)CCC(C)NC(=O)CON=C1CCN(S(=O)(=O)c2cccc(C(F)(F)F)c2)CC1. The first-order valence-electron chi connectivity index (χ1n) is 10.5. The Labute approximate surface area is 187 Å². The van der Waals surface area contributed by atoms with Crippen LogP contribution in [0.5, 0.6) is 0 Å². The van der Waals surface area contributed by atoms with Gasteiger partial charge in [-0.1, -0.05) is 25.1 Å². The van der Waals surface area contributed by atoms with E-state index in [2.05, 4.69) is 24.3 Å². The van der Waals surface area contributed by atoms with Crippen LogP contribution in [0.1, 0.15) is 52.0 Å². The molecule has 0 saturated carbocycles. The van der Waals surface area contributed by atoms with E-state index in [9.17, 15) is 26.4 Å². The van der Waals surface area contributed by atoms with Crippen LogP contribution in [-0.2, 0) is 25.8 Å². The Balaban J connectivity index is 1.85. The lowest BCUT2D eigenvalue weighted by Gasteiger charge is -2.26. The number of hydrogen-bond acceptors (Lipinski definition) is 5. The highest BCUT2D eigenvalue weighted by Gasteiger charge is 2.33. The van der Waals surface area contributed by atoms with Gasteiger partial charge in [0.15, 0.2) is 6.61 Å². The van der Waals surface area contributed by atoms with Crippen LogP contribution in [0, 0.1) is 5.92 Å². The summed E-state index contributed by atoms with van der Waals surface area (Å²) >= 11 is 0. The standard InChI is InChI=1S/C21H30F3N3O4S/c1-15(2)7-8-16(3)25-20(28)14-31-26-18-9-11-27(12-10-18)32(29,30)19-6-4-5-17(13-19)21(22,23)24/h4-6,13,15-16H,7-12,14H2,1-3H3,(H,25,28). The van der Waals surface area contributed by atoms with E-state index in [0.29, 0.717) is 17.7 Å². The van der Waals surface area contributed by atoms with Gasteiger partial charge in [-0.05, 0) is 43.9 Å². The average Bonchev–Trinajstić information content (AvgIpc) is 2.72. The molecule has 1 aliphatic rings. The fourth-order valence-corrected chi connectivity index (χ4v) is 4.70. The van der Waals surface area contributed by atoms with Gasteiger partial charge in [0.05, 0.1) is 16.2 Å². The first-order chi connectivity index (χ1) is 14.9. The Bertz CT molecular complexity index is 907. The zero-order valence-electron chi connectivity index (χ0n) is 18.5. The van der Waals surface area contributed by atoms with E-state index in [-0.39, 0.29) is 44.5 Å². The van der Waals surface area contributed by atoms with Crippen molar-refractivity contribution in [2.75, 3.05) is 19.7 Å². The lowest BCUT2D eigenvalue weighted by molar-refractivity contribution is -0.137. The third-order valence-corrected chi connectivity index (χ3v) is 6.97. The molecule has 32 heavy (non-hydrogen) atoms. The van der Waals surface area contributed by atoms with E-state index in [1.54, 1.807) is 0 Å². The molecule has 1 fully saturated rings. The van der Waals surface area contributed by atoms with Crippen LogP contribution in [0.4, 0.5) is 13.2 Å². The molecule has 1 unspecified atom stereocenters. The number of piperidine rings is 1. The Morgan fingerprint density at radius 1 is 1.19 bits per heavy atom. The topological polar surface area (TPSA) is 88.1 Å². The molecule has 1 N–H and O–H groups in total. The number of amides is 1. The second kappa shape index (κ2) is 11.1. The Hall–Kier alpha value is -2.14. The summed E-state index contributed by atoms with van der Waals surface area (Å²) in [7, 11) is -4.05. The predicted molar refractivity (Wildman–Crippen MR) is 115 cm³/mol. The maximum atomic E-state index is 12.9. The number of carbonyl (C=O) groups excluding carboxylic acids is 1. The third kappa shape index (κ3) is 7.77. The van der Waals surface area contributed by atoms with Crippen LogP contribution >= 0.6 is 0 Å². The van der Waals surface area contributed by atoms with Gasteiger partial charge in [0.25, 0.3) is 5.91 Å². The molecule has 1 atom stereocenters. The number of oxime groups is 1. The Morgan fingerprint density at radius 2 is 1.84 bits per heavy atom. The van der Waals surface area contributed by atoms with E-state index in [1.165, 1.54) is 0 Å². The summed E-state index contributed by atoms with van der Waals surface area (Å²) in [5.74, 6) is 0.274. The molecule has 1 aliphatic heterocycles. The number of nitrogens with one attached hydrogen (secondary N) is 1. The second-order valence-electron chi connectivity index (χ2n) is 8.30. The van der Waals surface area contributed by atoms with Gasteiger partial charge in [0.2, 0.25) is 10.0 Å². The molecule has 1 heterocycles. The molecule has 0 bridgehead atoms. The number of benzene rings is 1. The fourth-order valence-electron chi connectivity index (χ4n) is 3.21. The molecular formula is C21H30F3N3O4S. The summed E-state index contributed by atoms with van der Waals surface area (Å²) in [6.45, 7) is 6.06. The number of nitrogens with zero attached hydrogens (tertiary/aromatic N) is 2. The lowest BCUT2D eigenvalue weighted by atomic mass is 10.0. The first kappa shape index (κ1) is 26.1. The second-order valence-corrected chi connectivity index (χ2v) is 10.2. The quantitative estimate of drug-likeness (QED) is 0.548. The van der Waals surface area contributed by atoms with Crippen molar-refractivity contribution in [3.63, 3.8) is 0 Å². The zero-order chi connectivity index (χ0) is 23.9. The van der Waals surface area contributed by atoms with E-state index in [1.807, 2.05) is 6.92 Å². The number of halogens is 3. The number of sulfonamides is 1. The summed E-state index contributed by atoms with van der Waals surface area (Å²) in [4.78, 5) is 16.6. The van der Waals surface area contributed by atoms with E-state index in [4.69, 9.17) is 4.84 Å². The summed E-state index contributed by atoms with van der Waals surface area (Å²) in [5.41, 5.74) is -0.413. The zero-order valence-corrected chi connectivity index (χ0v) is 19.3. The molecule has 180 valence electrons. The molecule has 11 heteroatoms. The number of carbonyl (C=O) groups is 1. The van der Waals surface area contributed by atoms with E-state index >= 15 is 0 Å². The smallest absolute Gasteiger partial charge is 0.386 e. The maximum absolute atomic E-state index is 12.9. The van der Waals surface area contributed by atoms with Crippen LogP contribution in [-0.4, -0.2) is 50.1 Å². The van der Waals surface area contributed by atoms with Gasteiger partial charge in [-0.25, -0.2) is 8.42 Å². The molecule has 0 aromatic heterocycles. The number of rotatable bonds is 9. The van der Waals surface area contributed by atoms with Crippen molar-refractivity contribution in [1.29, 1.82) is 0 Å². The van der Waals surface area contributed by atoms with Gasteiger partial charge in [-0.3, -0.25) is 4.79 Å². The minimum Gasteiger partial charge on any atom is -0.386 e. The summed E-state index contributed by atoms with van der Waals surface area (Å²) in [6.07, 6.45) is -2.21. The van der Waals surface area contributed by atoms with Gasteiger partial charge < -0.3 is 10.2 Å². The van der Waals surface area contributed by atoms with Crippen molar-refractivity contribution in [1.82, 2.24) is 9.62 Å². The summed E-state index contributed by atoms with van der Waals surface area (Å²) in [6, 6.07) is 3.74. The monoisotopic (exact) mass is 477 g/mol. The van der Waals surface area contributed by atoms with E-state index < -0.39 is 26.7 Å². The minimum atomic E-state index is -4.62.